The smallest absolute Gasteiger partial charge is 0.166 e. The zero-order valence-electron chi connectivity index (χ0n) is 13.0. The van der Waals surface area contributed by atoms with Crippen LogP contribution < -0.4 is 15.5 Å². The van der Waals surface area contributed by atoms with E-state index in [0.717, 1.165) is 26.1 Å². The Morgan fingerprint density at radius 2 is 1.59 bits per heavy atom. The van der Waals surface area contributed by atoms with Crippen molar-refractivity contribution in [1.29, 1.82) is 0 Å². The number of nitrogens with zero attached hydrogens (tertiary/aromatic N) is 1. The lowest BCUT2D eigenvalue weighted by molar-refractivity contribution is 0.738. The molecule has 0 radical (unpaired) electrons. The molecule has 0 bridgehead atoms. The van der Waals surface area contributed by atoms with E-state index in [-0.39, 0.29) is 0 Å². The predicted molar refractivity (Wildman–Crippen MR) is 98.2 cm³/mol. The summed E-state index contributed by atoms with van der Waals surface area (Å²) in [5.41, 5.74) is 2.47. The number of thiocarbonyl (C=S) groups is 1. The van der Waals surface area contributed by atoms with E-state index in [1.165, 1.54) is 11.3 Å². The molecule has 0 unspecified atom stereocenters. The second kappa shape index (κ2) is 9.05. The van der Waals surface area contributed by atoms with Gasteiger partial charge in [0, 0.05) is 32.4 Å². The van der Waals surface area contributed by atoms with Crippen molar-refractivity contribution in [2.24, 2.45) is 0 Å². The summed E-state index contributed by atoms with van der Waals surface area (Å²) in [5.74, 6) is 0. The van der Waals surface area contributed by atoms with Crippen LogP contribution in [-0.4, -0.2) is 25.2 Å². The highest BCUT2D eigenvalue weighted by molar-refractivity contribution is 7.80. The van der Waals surface area contributed by atoms with Gasteiger partial charge in [-0.15, -0.1) is 0 Å². The number of rotatable bonds is 7. The highest BCUT2D eigenvalue weighted by Crippen LogP contribution is 2.10. The van der Waals surface area contributed by atoms with Gasteiger partial charge in [0.2, 0.25) is 0 Å². The second-order valence-corrected chi connectivity index (χ2v) is 5.61. The third-order valence-electron chi connectivity index (χ3n) is 3.45. The lowest BCUT2D eigenvalue weighted by Crippen LogP contribution is -2.36. The normalized spacial score (nSPS) is 10.0. The minimum absolute atomic E-state index is 0.714. The topological polar surface area (TPSA) is 27.3 Å². The summed E-state index contributed by atoms with van der Waals surface area (Å²) in [6.45, 7) is 2.63. The molecule has 0 saturated carbocycles. The molecule has 0 aliphatic heterocycles. The molecule has 0 fully saturated rings. The average molecular weight is 313 g/mol. The van der Waals surface area contributed by atoms with Crippen LogP contribution in [0.5, 0.6) is 0 Å². The van der Waals surface area contributed by atoms with Gasteiger partial charge in [0.15, 0.2) is 5.11 Å². The highest BCUT2D eigenvalue weighted by atomic mass is 32.1. The average Bonchev–Trinajstić information content (AvgIpc) is 2.58. The standard InChI is InChI=1S/C18H23N3S/c1-21(17-11-6-3-7-12-17)14-8-13-19-18(22)20-15-16-9-4-2-5-10-16/h2-7,9-12H,8,13-15H2,1H3,(H2,19,20,22). The summed E-state index contributed by atoms with van der Waals surface area (Å²) < 4.78 is 0. The van der Waals surface area contributed by atoms with Crippen molar-refractivity contribution in [1.82, 2.24) is 10.6 Å². The van der Waals surface area contributed by atoms with Crippen LogP contribution in [-0.2, 0) is 6.54 Å². The molecular formula is C18H23N3S. The number of hydrogen-bond acceptors (Lipinski definition) is 2. The van der Waals surface area contributed by atoms with Gasteiger partial charge >= 0.3 is 0 Å². The van der Waals surface area contributed by atoms with Crippen molar-refractivity contribution in [3.63, 3.8) is 0 Å². The maximum atomic E-state index is 5.29. The van der Waals surface area contributed by atoms with E-state index in [4.69, 9.17) is 12.2 Å². The van der Waals surface area contributed by atoms with Crippen LogP contribution in [0.4, 0.5) is 5.69 Å². The SMILES string of the molecule is CN(CCCNC(=S)NCc1ccccc1)c1ccccc1. The van der Waals surface area contributed by atoms with Crippen molar-refractivity contribution in [3.05, 3.63) is 66.2 Å². The summed E-state index contributed by atoms with van der Waals surface area (Å²) in [7, 11) is 2.11. The minimum Gasteiger partial charge on any atom is -0.375 e. The van der Waals surface area contributed by atoms with Gasteiger partial charge in [0.05, 0.1) is 0 Å². The van der Waals surface area contributed by atoms with Gasteiger partial charge in [0.1, 0.15) is 0 Å². The Hall–Kier alpha value is -2.07. The molecule has 0 aromatic heterocycles. The number of nitrogens with one attached hydrogen (secondary N) is 2. The van der Waals surface area contributed by atoms with Crippen LogP contribution >= 0.6 is 12.2 Å². The van der Waals surface area contributed by atoms with Gasteiger partial charge in [-0.2, -0.15) is 0 Å². The van der Waals surface area contributed by atoms with Crippen LogP contribution in [0.2, 0.25) is 0 Å². The van der Waals surface area contributed by atoms with Crippen molar-refractivity contribution in [2.45, 2.75) is 13.0 Å². The van der Waals surface area contributed by atoms with Crippen LogP contribution in [0.3, 0.4) is 0 Å². The molecule has 4 heteroatoms. The third-order valence-corrected chi connectivity index (χ3v) is 3.74. The number of anilines is 1. The zero-order chi connectivity index (χ0) is 15.6. The van der Waals surface area contributed by atoms with Gasteiger partial charge < -0.3 is 15.5 Å². The molecule has 22 heavy (non-hydrogen) atoms. The van der Waals surface area contributed by atoms with E-state index in [1.54, 1.807) is 0 Å². The van der Waals surface area contributed by atoms with E-state index < -0.39 is 0 Å². The van der Waals surface area contributed by atoms with Gasteiger partial charge in [-0.3, -0.25) is 0 Å². The number of hydrogen-bond donors (Lipinski definition) is 2. The monoisotopic (exact) mass is 313 g/mol. The molecule has 0 amide bonds. The first-order valence-electron chi connectivity index (χ1n) is 7.57. The Morgan fingerprint density at radius 3 is 2.27 bits per heavy atom. The zero-order valence-corrected chi connectivity index (χ0v) is 13.8. The molecule has 0 aliphatic carbocycles. The fourth-order valence-corrected chi connectivity index (χ4v) is 2.34. The summed E-state index contributed by atoms with van der Waals surface area (Å²) in [6.07, 6.45) is 1.04. The lowest BCUT2D eigenvalue weighted by Gasteiger charge is -2.19. The van der Waals surface area contributed by atoms with E-state index in [2.05, 4.69) is 59.0 Å². The second-order valence-electron chi connectivity index (χ2n) is 5.21. The van der Waals surface area contributed by atoms with Gasteiger partial charge in [-0.05, 0) is 36.3 Å². The molecule has 116 valence electrons. The van der Waals surface area contributed by atoms with Crippen LogP contribution in [0, 0.1) is 0 Å². The first-order chi connectivity index (χ1) is 10.8. The molecule has 3 nitrogen and oxygen atoms in total. The quantitative estimate of drug-likeness (QED) is 0.606. The first-order valence-corrected chi connectivity index (χ1v) is 7.98. The Labute approximate surface area is 138 Å². The molecule has 2 rings (SSSR count). The molecule has 2 aromatic rings. The van der Waals surface area contributed by atoms with Gasteiger partial charge in [0.25, 0.3) is 0 Å². The maximum absolute atomic E-state index is 5.29. The Balaban J connectivity index is 1.59. The fraction of sp³-hybridized carbons (Fsp3) is 0.278. The highest BCUT2D eigenvalue weighted by Gasteiger charge is 2.00. The van der Waals surface area contributed by atoms with Crippen LogP contribution in [0.1, 0.15) is 12.0 Å². The van der Waals surface area contributed by atoms with E-state index in [0.29, 0.717) is 5.11 Å². The fourth-order valence-electron chi connectivity index (χ4n) is 2.17. The lowest BCUT2D eigenvalue weighted by atomic mass is 10.2. The Morgan fingerprint density at radius 1 is 0.955 bits per heavy atom. The molecule has 0 heterocycles. The number of benzene rings is 2. The van der Waals surface area contributed by atoms with Crippen LogP contribution in [0.15, 0.2) is 60.7 Å². The molecule has 0 saturated heterocycles. The summed E-state index contributed by atoms with van der Waals surface area (Å²) in [4.78, 5) is 2.25. The van der Waals surface area contributed by atoms with Gasteiger partial charge in [-0.25, -0.2) is 0 Å². The van der Waals surface area contributed by atoms with Crippen LogP contribution in [0.25, 0.3) is 0 Å². The van der Waals surface area contributed by atoms with E-state index in [9.17, 15) is 0 Å². The summed E-state index contributed by atoms with van der Waals surface area (Å²) in [5, 5.41) is 7.19. The summed E-state index contributed by atoms with van der Waals surface area (Å²) >= 11 is 5.29. The van der Waals surface area contributed by atoms with Crippen molar-refractivity contribution >= 4 is 23.0 Å². The predicted octanol–water partition coefficient (Wildman–Crippen LogP) is 3.18. The Kier molecular flexibility index (Phi) is 6.71. The third kappa shape index (κ3) is 5.74. The first kappa shape index (κ1) is 16.3. The minimum atomic E-state index is 0.714. The summed E-state index contributed by atoms with van der Waals surface area (Å²) in [6, 6.07) is 20.7. The van der Waals surface area contributed by atoms with E-state index >= 15 is 0 Å². The molecule has 0 atom stereocenters. The molecule has 2 N–H and O–H groups in total. The number of para-hydroxylation sites is 1. The van der Waals surface area contributed by atoms with Crippen molar-refractivity contribution in [2.75, 3.05) is 25.0 Å². The van der Waals surface area contributed by atoms with E-state index in [1.807, 2.05) is 24.3 Å². The van der Waals surface area contributed by atoms with Crippen molar-refractivity contribution < 1.29 is 0 Å². The largest absolute Gasteiger partial charge is 0.375 e. The molecule has 0 aliphatic rings. The van der Waals surface area contributed by atoms with Crippen molar-refractivity contribution in [3.8, 4) is 0 Å². The molecule has 0 spiro atoms. The molecule has 2 aromatic carbocycles. The molecular weight excluding hydrogens is 290 g/mol. The van der Waals surface area contributed by atoms with Gasteiger partial charge in [-0.1, -0.05) is 48.5 Å². The maximum Gasteiger partial charge on any atom is 0.166 e. The Bertz CT molecular complexity index is 557.